The van der Waals surface area contributed by atoms with Gasteiger partial charge in [-0.3, -0.25) is 9.69 Å². The topological polar surface area (TPSA) is 41.4 Å². The smallest absolute Gasteiger partial charge is 0.259 e. The number of halogens is 2. The van der Waals surface area contributed by atoms with Gasteiger partial charge < -0.3 is 9.47 Å². The molecule has 1 fully saturated rings. The van der Waals surface area contributed by atoms with Crippen molar-refractivity contribution in [1.29, 1.82) is 0 Å². The lowest BCUT2D eigenvalue weighted by Gasteiger charge is -2.35. The van der Waals surface area contributed by atoms with Crippen LogP contribution in [0.4, 0.5) is 8.78 Å². The first-order chi connectivity index (χ1) is 14.1. The molecule has 2 aromatic carbocycles. The Labute approximate surface area is 168 Å². The number of aromatic nitrogens is 2. The fraction of sp³-hybridized carbons (Fsp3) is 0.273. The molecule has 3 aromatic rings. The van der Waals surface area contributed by atoms with Crippen molar-refractivity contribution in [1.82, 2.24) is 19.4 Å². The molecule has 150 valence electrons. The van der Waals surface area contributed by atoms with Gasteiger partial charge in [0.15, 0.2) is 0 Å². The Hall–Kier alpha value is -3.06. The normalized spacial score (nSPS) is 14.9. The maximum absolute atomic E-state index is 13.9. The van der Waals surface area contributed by atoms with Gasteiger partial charge in [-0.05, 0) is 12.1 Å². The lowest BCUT2D eigenvalue weighted by atomic mass is 10.1. The molecule has 1 aromatic heterocycles. The van der Waals surface area contributed by atoms with Crippen LogP contribution in [0.5, 0.6) is 0 Å². The molecular formula is C22H22F2N4O. The summed E-state index contributed by atoms with van der Waals surface area (Å²) >= 11 is 0. The van der Waals surface area contributed by atoms with E-state index < -0.39 is 23.1 Å². The molecule has 7 heteroatoms. The van der Waals surface area contributed by atoms with Gasteiger partial charge in [-0.2, -0.15) is 0 Å². The van der Waals surface area contributed by atoms with Gasteiger partial charge in [0.1, 0.15) is 23.0 Å². The average Bonchev–Trinajstić information content (AvgIpc) is 3.22. The van der Waals surface area contributed by atoms with Gasteiger partial charge >= 0.3 is 0 Å². The van der Waals surface area contributed by atoms with E-state index >= 15 is 0 Å². The largest absolute Gasteiger partial charge is 0.336 e. The summed E-state index contributed by atoms with van der Waals surface area (Å²) in [5, 5.41) is 0. The third-order valence-electron chi connectivity index (χ3n) is 5.24. The third kappa shape index (κ3) is 4.19. The second kappa shape index (κ2) is 8.53. The molecule has 0 bridgehead atoms. The number of hydrogen-bond acceptors (Lipinski definition) is 3. The molecule has 29 heavy (non-hydrogen) atoms. The highest BCUT2D eigenvalue weighted by molar-refractivity contribution is 5.94. The first-order valence-corrected chi connectivity index (χ1v) is 9.65. The van der Waals surface area contributed by atoms with Crippen molar-refractivity contribution in [2.45, 2.75) is 6.54 Å². The Morgan fingerprint density at radius 2 is 1.59 bits per heavy atom. The van der Waals surface area contributed by atoms with Crippen LogP contribution >= 0.6 is 0 Å². The van der Waals surface area contributed by atoms with Gasteiger partial charge in [0.25, 0.3) is 5.91 Å². The number of imidazole rings is 1. The van der Waals surface area contributed by atoms with Crippen molar-refractivity contribution in [2.24, 2.45) is 0 Å². The van der Waals surface area contributed by atoms with E-state index in [9.17, 15) is 13.6 Å². The molecule has 1 aliphatic heterocycles. The number of amides is 1. The highest BCUT2D eigenvalue weighted by atomic mass is 19.1. The minimum Gasteiger partial charge on any atom is -0.336 e. The number of rotatable bonds is 5. The van der Waals surface area contributed by atoms with E-state index in [2.05, 4.69) is 14.5 Å². The van der Waals surface area contributed by atoms with E-state index in [1.165, 1.54) is 11.0 Å². The SMILES string of the molecule is O=C(c1c(F)cccc1F)N1CCN(CCn2ccnc2-c2ccccc2)CC1. The molecule has 0 saturated carbocycles. The van der Waals surface area contributed by atoms with Gasteiger partial charge in [0.2, 0.25) is 0 Å². The molecule has 0 aliphatic carbocycles. The van der Waals surface area contributed by atoms with Crippen LogP contribution in [0.25, 0.3) is 11.4 Å². The van der Waals surface area contributed by atoms with Crippen molar-refractivity contribution < 1.29 is 13.6 Å². The van der Waals surface area contributed by atoms with E-state index in [-0.39, 0.29) is 0 Å². The van der Waals surface area contributed by atoms with Crippen LogP contribution in [0.3, 0.4) is 0 Å². The minimum absolute atomic E-state index is 0.447. The lowest BCUT2D eigenvalue weighted by Crippen LogP contribution is -2.49. The lowest BCUT2D eigenvalue weighted by molar-refractivity contribution is 0.0624. The number of carbonyl (C=O) groups is 1. The Balaban J connectivity index is 1.33. The van der Waals surface area contributed by atoms with Gasteiger partial charge in [0.05, 0.1) is 0 Å². The van der Waals surface area contributed by atoms with Crippen molar-refractivity contribution in [3.63, 3.8) is 0 Å². The van der Waals surface area contributed by atoms with E-state index in [0.29, 0.717) is 26.2 Å². The monoisotopic (exact) mass is 396 g/mol. The van der Waals surface area contributed by atoms with E-state index in [4.69, 9.17) is 0 Å². The fourth-order valence-electron chi connectivity index (χ4n) is 3.62. The third-order valence-corrected chi connectivity index (χ3v) is 5.24. The zero-order valence-electron chi connectivity index (χ0n) is 16.0. The molecule has 5 nitrogen and oxygen atoms in total. The summed E-state index contributed by atoms with van der Waals surface area (Å²) in [6, 6.07) is 13.5. The molecular weight excluding hydrogens is 374 g/mol. The quantitative estimate of drug-likeness (QED) is 0.665. The first-order valence-electron chi connectivity index (χ1n) is 9.65. The fourth-order valence-corrected chi connectivity index (χ4v) is 3.62. The van der Waals surface area contributed by atoms with Gasteiger partial charge in [-0.15, -0.1) is 0 Å². The summed E-state index contributed by atoms with van der Waals surface area (Å²) in [5.74, 6) is -1.28. The zero-order valence-corrected chi connectivity index (χ0v) is 16.0. The molecule has 1 saturated heterocycles. The van der Waals surface area contributed by atoms with E-state index in [0.717, 1.165) is 36.6 Å². The summed E-state index contributed by atoms with van der Waals surface area (Å²) < 4.78 is 29.9. The molecule has 0 spiro atoms. The van der Waals surface area contributed by atoms with Crippen LogP contribution in [0.15, 0.2) is 60.9 Å². The number of hydrogen-bond donors (Lipinski definition) is 0. The minimum atomic E-state index is -0.814. The van der Waals surface area contributed by atoms with Crippen molar-refractivity contribution in [3.8, 4) is 11.4 Å². The molecule has 0 radical (unpaired) electrons. The molecule has 2 heterocycles. The number of nitrogens with zero attached hydrogens (tertiary/aromatic N) is 4. The average molecular weight is 396 g/mol. The highest BCUT2D eigenvalue weighted by Gasteiger charge is 2.26. The van der Waals surface area contributed by atoms with Gasteiger partial charge in [0, 0.05) is 57.2 Å². The second-order valence-electron chi connectivity index (χ2n) is 7.04. The Morgan fingerprint density at radius 3 is 2.28 bits per heavy atom. The summed E-state index contributed by atoms with van der Waals surface area (Å²) in [4.78, 5) is 20.7. The van der Waals surface area contributed by atoms with Gasteiger partial charge in [-0.1, -0.05) is 36.4 Å². The van der Waals surface area contributed by atoms with Gasteiger partial charge in [-0.25, -0.2) is 13.8 Å². The van der Waals surface area contributed by atoms with Crippen LogP contribution in [-0.2, 0) is 6.54 Å². The summed E-state index contributed by atoms with van der Waals surface area (Å²) in [6.07, 6.45) is 3.75. The number of carbonyl (C=O) groups excluding carboxylic acids is 1. The van der Waals surface area contributed by atoms with Crippen molar-refractivity contribution in [2.75, 3.05) is 32.7 Å². The van der Waals surface area contributed by atoms with E-state index in [1.807, 2.05) is 36.5 Å². The standard InChI is InChI=1S/C22H22F2N4O/c23-18-7-4-8-19(24)20(18)22(29)28-15-12-26(13-16-28)11-14-27-10-9-25-21(27)17-5-2-1-3-6-17/h1-10H,11-16H2. The molecule has 0 unspecified atom stereocenters. The van der Waals surface area contributed by atoms with Crippen LogP contribution in [0, 0.1) is 11.6 Å². The summed E-state index contributed by atoms with van der Waals surface area (Å²) in [7, 11) is 0. The summed E-state index contributed by atoms with van der Waals surface area (Å²) in [6.45, 7) is 3.81. The number of piperazine rings is 1. The van der Waals surface area contributed by atoms with Crippen LogP contribution in [0.1, 0.15) is 10.4 Å². The zero-order chi connectivity index (χ0) is 20.2. The first kappa shape index (κ1) is 19.3. The maximum atomic E-state index is 13.9. The van der Waals surface area contributed by atoms with Crippen LogP contribution in [0.2, 0.25) is 0 Å². The maximum Gasteiger partial charge on any atom is 0.259 e. The molecule has 1 aliphatic rings. The summed E-state index contributed by atoms with van der Waals surface area (Å²) in [5.41, 5.74) is 0.603. The molecule has 0 atom stereocenters. The van der Waals surface area contributed by atoms with Crippen molar-refractivity contribution >= 4 is 5.91 Å². The Kier molecular flexibility index (Phi) is 5.67. The molecule has 0 N–H and O–H groups in total. The molecule has 1 amide bonds. The predicted octanol–water partition coefficient (Wildman–Crippen LogP) is 3.29. The number of benzene rings is 2. The predicted molar refractivity (Wildman–Crippen MR) is 106 cm³/mol. The van der Waals surface area contributed by atoms with Crippen molar-refractivity contribution in [3.05, 3.63) is 78.1 Å². The van der Waals surface area contributed by atoms with Crippen LogP contribution in [-0.4, -0.2) is 58.0 Å². The van der Waals surface area contributed by atoms with E-state index in [1.54, 1.807) is 6.20 Å². The Morgan fingerprint density at radius 1 is 0.897 bits per heavy atom. The highest BCUT2D eigenvalue weighted by Crippen LogP contribution is 2.18. The Bertz CT molecular complexity index is 961. The molecule has 4 rings (SSSR count). The second-order valence-corrected chi connectivity index (χ2v) is 7.04. The van der Waals surface area contributed by atoms with Crippen LogP contribution < -0.4 is 0 Å².